The molecule has 1 aromatic rings. The lowest BCUT2D eigenvalue weighted by Crippen LogP contribution is -2.48. The van der Waals surface area contributed by atoms with Gasteiger partial charge in [-0.15, -0.1) is 0 Å². The molecule has 1 saturated heterocycles. The van der Waals surface area contributed by atoms with Crippen molar-refractivity contribution in [3.8, 4) is 0 Å². The first-order valence-electron chi connectivity index (χ1n) is 6.87. The Labute approximate surface area is 110 Å². The highest BCUT2D eigenvalue weighted by Crippen LogP contribution is 2.15. The molecule has 0 spiro atoms. The van der Waals surface area contributed by atoms with E-state index >= 15 is 0 Å². The zero-order chi connectivity index (χ0) is 13.0. The number of hydrogen-bond acceptors (Lipinski definition) is 4. The molecule has 18 heavy (non-hydrogen) atoms. The number of nitrogens with zero attached hydrogens (tertiary/aromatic N) is 2. The largest absolute Gasteiger partial charge is 0.468 e. The van der Waals surface area contributed by atoms with E-state index < -0.39 is 0 Å². The summed E-state index contributed by atoms with van der Waals surface area (Å²) in [7, 11) is 1.97. The number of rotatable bonds is 5. The molecule has 0 unspecified atom stereocenters. The Kier molecular flexibility index (Phi) is 4.80. The maximum Gasteiger partial charge on any atom is 0.122 e. The molecule has 0 aromatic carbocycles. The smallest absolute Gasteiger partial charge is 0.122 e. The van der Waals surface area contributed by atoms with Gasteiger partial charge in [0, 0.05) is 44.3 Å². The fraction of sp³-hybridized carbons (Fsp3) is 0.714. The minimum atomic E-state index is 0.663. The fourth-order valence-corrected chi connectivity index (χ4v) is 2.49. The van der Waals surface area contributed by atoms with Gasteiger partial charge in [0.05, 0.1) is 12.8 Å². The van der Waals surface area contributed by atoms with E-state index in [-0.39, 0.29) is 0 Å². The summed E-state index contributed by atoms with van der Waals surface area (Å²) in [4.78, 5) is 5.02. The van der Waals surface area contributed by atoms with Crippen LogP contribution in [0.3, 0.4) is 0 Å². The summed E-state index contributed by atoms with van der Waals surface area (Å²) in [5.74, 6) is 1.11. The van der Waals surface area contributed by atoms with E-state index in [1.54, 1.807) is 6.26 Å². The molecule has 2 heterocycles. The summed E-state index contributed by atoms with van der Waals surface area (Å²) in [5.41, 5.74) is 1.28. The molecular formula is C14H25N3O. The molecular weight excluding hydrogens is 226 g/mol. The summed E-state index contributed by atoms with van der Waals surface area (Å²) in [6, 6.07) is 2.73. The third-order valence-corrected chi connectivity index (χ3v) is 3.71. The predicted molar refractivity (Wildman–Crippen MR) is 73.5 cm³/mol. The summed E-state index contributed by atoms with van der Waals surface area (Å²) < 4.78 is 5.60. The molecule has 0 bridgehead atoms. The van der Waals surface area contributed by atoms with Crippen LogP contribution in [0.1, 0.15) is 25.2 Å². The number of nitrogens with one attached hydrogen (secondary N) is 1. The summed E-state index contributed by atoms with van der Waals surface area (Å²) in [6.07, 6.45) is 1.80. The molecule has 4 heteroatoms. The Bertz CT molecular complexity index is 354. The molecule has 1 aliphatic heterocycles. The second-order valence-corrected chi connectivity index (χ2v) is 5.31. The van der Waals surface area contributed by atoms with E-state index in [0.717, 1.165) is 31.9 Å². The Hall–Kier alpha value is -0.840. The fourth-order valence-electron chi connectivity index (χ4n) is 2.49. The van der Waals surface area contributed by atoms with Crippen LogP contribution in [-0.4, -0.2) is 49.1 Å². The van der Waals surface area contributed by atoms with Crippen molar-refractivity contribution < 1.29 is 4.42 Å². The summed E-state index contributed by atoms with van der Waals surface area (Å²) >= 11 is 0. The zero-order valence-corrected chi connectivity index (χ0v) is 11.8. The standard InChI is InChI=1S/C14H25N3O/c1-12(2)17-7-5-16(6-8-17)11-14-13(10-15-3)4-9-18-14/h4,9,12,15H,5-8,10-11H2,1-3H3. The van der Waals surface area contributed by atoms with Crippen LogP contribution < -0.4 is 5.32 Å². The normalized spacial score (nSPS) is 18.7. The molecule has 0 radical (unpaired) electrons. The van der Waals surface area contributed by atoms with Gasteiger partial charge in [-0.25, -0.2) is 0 Å². The van der Waals surface area contributed by atoms with E-state index in [9.17, 15) is 0 Å². The highest BCUT2D eigenvalue weighted by atomic mass is 16.3. The molecule has 0 atom stereocenters. The van der Waals surface area contributed by atoms with Crippen LogP contribution in [0.5, 0.6) is 0 Å². The lowest BCUT2D eigenvalue weighted by atomic mass is 10.2. The molecule has 0 aliphatic carbocycles. The van der Waals surface area contributed by atoms with Crippen molar-refractivity contribution in [2.24, 2.45) is 0 Å². The lowest BCUT2D eigenvalue weighted by molar-refractivity contribution is 0.0988. The van der Waals surface area contributed by atoms with E-state index in [0.29, 0.717) is 6.04 Å². The maximum absolute atomic E-state index is 5.60. The second kappa shape index (κ2) is 6.36. The Morgan fingerprint density at radius 3 is 2.61 bits per heavy atom. The van der Waals surface area contributed by atoms with Gasteiger partial charge in [0.2, 0.25) is 0 Å². The average Bonchev–Trinajstić information content (AvgIpc) is 2.78. The van der Waals surface area contributed by atoms with E-state index in [4.69, 9.17) is 4.42 Å². The van der Waals surface area contributed by atoms with E-state index in [1.807, 2.05) is 7.05 Å². The van der Waals surface area contributed by atoms with Gasteiger partial charge in [-0.1, -0.05) is 0 Å². The van der Waals surface area contributed by atoms with Gasteiger partial charge in [-0.3, -0.25) is 9.80 Å². The molecule has 1 aromatic heterocycles. The zero-order valence-electron chi connectivity index (χ0n) is 11.8. The van der Waals surface area contributed by atoms with Crippen molar-refractivity contribution in [1.29, 1.82) is 0 Å². The third-order valence-electron chi connectivity index (χ3n) is 3.71. The van der Waals surface area contributed by atoms with Crippen LogP contribution in [0.15, 0.2) is 16.7 Å². The van der Waals surface area contributed by atoms with Gasteiger partial charge < -0.3 is 9.73 Å². The summed E-state index contributed by atoms with van der Waals surface area (Å²) in [5, 5.41) is 3.18. The molecule has 0 saturated carbocycles. The monoisotopic (exact) mass is 251 g/mol. The van der Waals surface area contributed by atoms with Crippen molar-refractivity contribution >= 4 is 0 Å². The van der Waals surface area contributed by atoms with Crippen LogP contribution >= 0.6 is 0 Å². The first-order chi connectivity index (χ1) is 8.70. The van der Waals surface area contributed by atoms with Gasteiger partial charge in [0.1, 0.15) is 5.76 Å². The van der Waals surface area contributed by atoms with Crippen LogP contribution in [-0.2, 0) is 13.1 Å². The van der Waals surface area contributed by atoms with Gasteiger partial charge in [-0.05, 0) is 27.0 Å². The Balaban J connectivity index is 1.85. The average molecular weight is 251 g/mol. The van der Waals surface area contributed by atoms with Crippen molar-refractivity contribution in [3.63, 3.8) is 0 Å². The molecule has 1 N–H and O–H groups in total. The molecule has 0 amide bonds. The van der Waals surface area contributed by atoms with E-state index in [2.05, 4.69) is 35.0 Å². The van der Waals surface area contributed by atoms with E-state index in [1.165, 1.54) is 18.7 Å². The number of hydrogen-bond donors (Lipinski definition) is 1. The number of furan rings is 1. The minimum Gasteiger partial charge on any atom is -0.468 e. The third kappa shape index (κ3) is 3.34. The van der Waals surface area contributed by atoms with Gasteiger partial charge in [0.15, 0.2) is 0 Å². The molecule has 1 aliphatic rings. The first-order valence-corrected chi connectivity index (χ1v) is 6.87. The Morgan fingerprint density at radius 2 is 2.00 bits per heavy atom. The minimum absolute atomic E-state index is 0.663. The van der Waals surface area contributed by atoms with Crippen LogP contribution in [0.4, 0.5) is 0 Å². The predicted octanol–water partition coefficient (Wildman–Crippen LogP) is 1.52. The second-order valence-electron chi connectivity index (χ2n) is 5.31. The lowest BCUT2D eigenvalue weighted by Gasteiger charge is -2.36. The maximum atomic E-state index is 5.60. The van der Waals surface area contributed by atoms with Crippen LogP contribution in [0.2, 0.25) is 0 Å². The Morgan fingerprint density at radius 1 is 1.28 bits per heavy atom. The molecule has 1 fully saturated rings. The van der Waals surface area contributed by atoms with Crippen LogP contribution in [0.25, 0.3) is 0 Å². The van der Waals surface area contributed by atoms with Gasteiger partial charge >= 0.3 is 0 Å². The number of piperazine rings is 1. The van der Waals surface area contributed by atoms with Crippen molar-refractivity contribution in [1.82, 2.24) is 15.1 Å². The SMILES string of the molecule is CNCc1ccoc1CN1CCN(C(C)C)CC1. The van der Waals surface area contributed by atoms with Crippen LogP contribution in [0, 0.1) is 0 Å². The van der Waals surface area contributed by atoms with Gasteiger partial charge in [-0.2, -0.15) is 0 Å². The first kappa shape index (κ1) is 13.6. The highest BCUT2D eigenvalue weighted by molar-refractivity contribution is 5.16. The topological polar surface area (TPSA) is 31.7 Å². The molecule has 4 nitrogen and oxygen atoms in total. The quantitative estimate of drug-likeness (QED) is 0.860. The molecule has 2 rings (SSSR count). The van der Waals surface area contributed by atoms with Crippen molar-refractivity contribution in [2.75, 3.05) is 33.2 Å². The summed E-state index contributed by atoms with van der Waals surface area (Å²) in [6.45, 7) is 11.0. The molecule has 102 valence electrons. The van der Waals surface area contributed by atoms with Crippen molar-refractivity contribution in [3.05, 3.63) is 23.7 Å². The van der Waals surface area contributed by atoms with Gasteiger partial charge in [0.25, 0.3) is 0 Å². The highest BCUT2D eigenvalue weighted by Gasteiger charge is 2.20. The van der Waals surface area contributed by atoms with Crippen molar-refractivity contribution in [2.45, 2.75) is 33.0 Å².